The van der Waals surface area contributed by atoms with Gasteiger partial charge in [0.25, 0.3) is 11.2 Å². The molecule has 0 aliphatic heterocycles. The van der Waals surface area contributed by atoms with Gasteiger partial charge in [0, 0.05) is 6.54 Å². The van der Waals surface area contributed by atoms with Crippen molar-refractivity contribution in [2.45, 2.75) is 19.8 Å². The molecule has 0 saturated carbocycles. The number of unbranched alkanes of at least 4 members (excludes halogenated alkanes) is 1. The number of anilines is 1. The second-order valence-corrected chi connectivity index (χ2v) is 3.42. The Kier molecular flexibility index (Phi) is 3.53. The number of aromatic nitrogens is 1. The normalized spacial score (nSPS) is 9.54. The Morgan fingerprint density at radius 2 is 2.46 bits per heavy atom. The lowest BCUT2D eigenvalue weighted by Crippen LogP contribution is -2.00. The van der Waals surface area contributed by atoms with Crippen LogP contribution < -0.4 is 10.9 Å². The van der Waals surface area contributed by atoms with E-state index in [2.05, 4.69) is 21.5 Å². The van der Waals surface area contributed by atoms with Gasteiger partial charge in [-0.25, -0.2) is 4.85 Å². The molecule has 0 radical (unpaired) electrons. The summed E-state index contributed by atoms with van der Waals surface area (Å²) >= 11 is 1.19. The van der Waals surface area contributed by atoms with E-state index in [1.807, 2.05) is 0 Å². The topological polar surface area (TPSA) is 49.2 Å². The van der Waals surface area contributed by atoms with Crippen molar-refractivity contribution in [2.75, 3.05) is 11.9 Å². The molecule has 0 aliphatic rings. The largest absolute Gasteiger partial charge is 0.384 e. The quantitative estimate of drug-likeness (QED) is 0.574. The molecular formula is C8H11N3OS. The van der Waals surface area contributed by atoms with Crippen LogP contribution in [0.25, 0.3) is 4.85 Å². The SMILES string of the molecule is [C-]#[N+]c1c(NCCCC)s[nH]c1=O. The fraction of sp³-hybridized carbons (Fsp3) is 0.500. The highest BCUT2D eigenvalue weighted by atomic mass is 32.1. The minimum Gasteiger partial charge on any atom is -0.384 e. The minimum absolute atomic E-state index is 0.182. The Bertz CT molecular complexity index is 360. The van der Waals surface area contributed by atoms with Crippen molar-refractivity contribution >= 4 is 22.2 Å². The third-order valence-electron chi connectivity index (χ3n) is 1.60. The summed E-state index contributed by atoms with van der Waals surface area (Å²) in [6, 6.07) is 0. The van der Waals surface area contributed by atoms with Crippen molar-refractivity contribution in [3.05, 3.63) is 21.8 Å². The van der Waals surface area contributed by atoms with Crippen molar-refractivity contribution in [3.63, 3.8) is 0 Å². The zero-order chi connectivity index (χ0) is 9.68. The third-order valence-corrected chi connectivity index (χ3v) is 2.43. The monoisotopic (exact) mass is 197 g/mol. The molecule has 1 aromatic heterocycles. The van der Waals surface area contributed by atoms with Crippen LogP contribution in [0.1, 0.15) is 19.8 Å². The van der Waals surface area contributed by atoms with Crippen molar-refractivity contribution in [1.29, 1.82) is 0 Å². The molecule has 0 atom stereocenters. The summed E-state index contributed by atoms with van der Waals surface area (Å²) < 4.78 is 2.52. The van der Waals surface area contributed by atoms with Crippen LogP contribution >= 0.6 is 11.5 Å². The maximum Gasteiger partial charge on any atom is 0.284 e. The summed E-state index contributed by atoms with van der Waals surface area (Å²) in [5.74, 6) is 0. The summed E-state index contributed by atoms with van der Waals surface area (Å²) in [6.45, 7) is 9.70. The lowest BCUT2D eigenvalue weighted by Gasteiger charge is -2.00. The summed E-state index contributed by atoms with van der Waals surface area (Å²) in [7, 11) is 0. The van der Waals surface area contributed by atoms with Gasteiger partial charge in [0.15, 0.2) is 0 Å². The molecule has 2 N–H and O–H groups in total. The second kappa shape index (κ2) is 4.67. The van der Waals surface area contributed by atoms with Gasteiger partial charge in [0.2, 0.25) is 0 Å². The van der Waals surface area contributed by atoms with Gasteiger partial charge in [0.1, 0.15) is 5.00 Å². The first kappa shape index (κ1) is 9.81. The Morgan fingerprint density at radius 1 is 1.69 bits per heavy atom. The average molecular weight is 197 g/mol. The van der Waals surface area contributed by atoms with Crippen LogP contribution in [-0.2, 0) is 0 Å². The molecule has 0 amide bonds. The van der Waals surface area contributed by atoms with E-state index in [0.29, 0.717) is 5.00 Å². The molecule has 1 heterocycles. The van der Waals surface area contributed by atoms with Gasteiger partial charge in [-0.05, 0) is 6.42 Å². The smallest absolute Gasteiger partial charge is 0.284 e. The maximum atomic E-state index is 11.0. The van der Waals surface area contributed by atoms with Gasteiger partial charge in [-0.15, -0.1) is 0 Å². The van der Waals surface area contributed by atoms with Gasteiger partial charge < -0.3 is 5.32 Å². The minimum atomic E-state index is -0.293. The number of rotatable bonds is 4. The van der Waals surface area contributed by atoms with Crippen molar-refractivity contribution in [2.24, 2.45) is 0 Å². The van der Waals surface area contributed by atoms with Crippen LogP contribution in [0.5, 0.6) is 0 Å². The number of nitrogens with zero attached hydrogens (tertiary/aromatic N) is 1. The van der Waals surface area contributed by atoms with Gasteiger partial charge in [0.05, 0.1) is 6.57 Å². The van der Waals surface area contributed by atoms with Gasteiger partial charge in [-0.2, -0.15) is 0 Å². The van der Waals surface area contributed by atoms with Gasteiger partial charge in [-0.1, -0.05) is 24.9 Å². The van der Waals surface area contributed by atoms with Crippen LogP contribution in [-0.4, -0.2) is 10.9 Å². The summed E-state index contributed by atoms with van der Waals surface area (Å²) in [5.41, 5.74) is -0.111. The van der Waals surface area contributed by atoms with E-state index in [1.54, 1.807) is 0 Å². The molecule has 5 heteroatoms. The summed E-state index contributed by atoms with van der Waals surface area (Å²) in [6.07, 6.45) is 2.14. The fourth-order valence-corrected chi connectivity index (χ4v) is 1.60. The Labute approximate surface area is 80.6 Å². The van der Waals surface area contributed by atoms with Crippen LogP contribution in [0.15, 0.2) is 4.79 Å². The number of nitrogens with one attached hydrogen (secondary N) is 2. The van der Waals surface area contributed by atoms with E-state index in [9.17, 15) is 4.79 Å². The van der Waals surface area contributed by atoms with Crippen molar-refractivity contribution in [1.82, 2.24) is 4.37 Å². The van der Waals surface area contributed by atoms with E-state index in [0.717, 1.165) is 19.4 Å². The zero-order valence-corrected chi connectivity index (χ0v) is 8.20. The molecule has 0 spiro atoms. The molecule has 0 aliphatic carbocycles. The zero-order valence-electron chi connectivity index (χ0n) is 7.39. The first-order chi connectivity index (χ1) is 6.29. The van der Waals surface area contributed by atoms with Crippen LogP contribution in [0.2, 0.25) is 0 Å². The number of hydrogen-bond donors (Lipinski definition) is 2. The summed E-state index contributed by atoms with van der Waals surface area (Å²) in [5, 5.41) is 3.72. The molecule has 0 saturated heterocycles. The van der Waals surface area contributed by atoms with Crippen LogP contribution in [0.4, 0.5) is 10.7 Å². The molecular weight excluding hydrogens is 186 g/mol. The molecule has 4 nitrogen and oxygen atoms in total. The lowest BCUT2D eigenvalue weighted by atomic mass is 10.3. The number of hydrogen-bond acceptors (Lipinski definition) is 3. The summed E-state index contributed by atoms with van der Waals surface area (Å²) in [4.78, 5) is 14.2. The Balaban J connectivity index is 2.67. The van der Waals surface area contributed by atoms with E-state index in [-0.39, 0.29) is 11.2 Å². The molecule has 1 aromatic rings. The number of aromatic amines is 1. The van der Waals surface area contributed by atoms with E-state index < -0.39 is 0 Å². The Hall–Kier alpha value is -1.28. The van der Waals surface area contributed by atoms with Crippen molar-refractivity contribution in [3.8, 4) is 0 Å². The van der Waals surface area contributed by atoms with Crippen molar-refractivity contribution < 1.29 is 0 Å². The molecule has 0 aromatic carbocycles. The van der Waals surface area contributed by atoms with Gasteiger partial charge >= 0.3 is 0 Å². The number of H-pyrrole nitrogens is 1. The predicted octanol–water partition coefficient (Wildman–Crippen LogP) is 2.20. The highest BCUT2D eigenvalue weighted by Crippen LogP contribution is 2.23. The molecule has 0 unspecified atom stereocenters. The first-order valence-corrected chi connectivity index (χ1v) is 4.94. The first-order valence-electron chi connectivity index (χ1n) is 4.12. The molecule has 0 fully saturated rings. The average Bonchev–Trinajstić information content (AvgIpc) is 2.47. The highest BCUT2D eigenvalue weighted by Gasteiger charge is 2.08. The third kappa shape index (κ3) is 2.33. The Morgan fingerprint density at radius 3 is 3.08 bits per heavy atom. The standard InChI is InChI=1S/C8H11N3OS/c1-3-4-5-10-8-6(9-2)7(12)11-13-8/h10H,3-5H2,1H3,(H,11,12). The van der Waals surface area contributed by atoms with Crippen LogP contribution in [0.3, 0.4) is 0 Å². The second-order valence-electron chi connectivity index (χ2n) is 2.60. The predicted molar refractivity (Wildman–Crippen MR) is 54.6 cm³/mol. The highest BCUT2D eigenvalue weighted by molar-refractivity contribution is 7.10. The molecule has 0 bridgehead atoms. The van der Waals surface area contributed by atoms with E-state index in [4.69, 9.17) is 6.57 Å². The fourth-order valence-electron chi connectivity index (χ4n) is 0.897. The van der Waals surface area contributed by atoms with E-state index in [1.165, 1.54) is 11.5 Å². The maximum absolute atomic E-state index is 11.0. The lowest BCUT2D eigenvalue weighted by molar-refractivity contribution is 0.836. The van der Waals surface area contributed by atoms with Crippen LogP contribution in [0, 0.1) is 6.57 Å². The van der Waals surface area contributed by atoms with E-state index >= 15 is 0 Å². The molecule has 70 valence electrons. The molecule has 1 rings (SSSR count). The van der Waals surface area contributed by atoms with Gasteiger partial charge in [-0.3, -0.25) is 9.17 Å². The molecule has 13 heavy (non-hydrogen) atoms.